The summed E-state index contributed by atoms with van der Waals surface area (Å²) in [6, 6.07) is 0. The summed E-state index contributed by atoms with van der Waals surface area (Å²) in [7, 11) is -16.4. The molecule has 2 aromatic heterocycles. The number of amides is 2. The van der Waals surface area contributed by atoms with E-state index in [0.29, 0.717) is 24.5 Å². The van der Waals surface area contributed by atoms with Crippen molar-refractivity contribution >= 4 is 75.4 Å². The highest BCUT2D eigenvalue weighted by Crippen LogP contribution is 2.61. The zero-order valence-corrected chi connectivity index (χ0v) is 42.7. The predicted molar refractivity (Wildman–Crippen MR) is 252 cm³/mol. The zero-order chi connectivity index (χ0) is 51.3. The van der Waals surface area contributed by atoms with Crippen molar-refractivity contribution in [1.29, 1.82) is 0 Å². The molecule has 2 amide bonds. The molecule has 0 bridgehead atoms. The highest BCUT2D eigenvalue weighted by Gasteiger charge is 2.50. The van der Waals surface area contributed by atoms with E-state index in [0.717, 1.165) is 67.4 Å². The number of aldehydes is 1. The second-order valence-electron chi connectivity index (χ2n) is 17.6. The van der Waals surface area contributed by atoms with E-state index in [1.165, 1.54) is 65.2 Å². The number of phosphoric acid groups is 3. The molecule has 0 radical (unpaired) electrons. The summed E-state index contributed by atoms with van der Waals surface area (Å²) in [5, 5.41) is 26.7. The molecule has 10 N–H and O–H groups in total. The van der Waals surface area contributed by atoms with Crippen LogP contribution in [0, 0.1) is 11.3 Å². The van der Waals surface area contributed by atoms with E-state index in [4.69, 9.17) is 19.5 Å². The van der Waals surface area contributed by atoms with Crippen LogP contribution >= 0.6 is 35.2 Å². The number of carbonyl (C=O) groups excluding carboxylic acids is 4. The Bertz CT molecular complexity index is 2080. The van der Waals surface area contributed by atoms with Gasteiger partial charge in [0.05, 0.1) is 19.5 Å². The molecule has 3 unspecified atom stereocenters. The van der Waals surface area contributed by atoms with Gasteiger partial charge in [0.25, 0.3) is 0 Å². The minimum absolute atomic E-state index is 0.0309. The van der Waals surface area contributed by atoms with E-state index in [1.54, 1.807) is 0 Å². The largest absolute Gasteiger partial charge is 0.481 e. The fourth-order valence-electron chi connectivity index (χ4n) is 7.18. The van der Waals surface area contributed by atoms with Crippen molar-refractivity contribution in [2.45, 2.75) is 154 Å². The molecule has 0 saturated carbocycles. The SMILES string of the molecule is C[C@@H](CC=O)CCCCCCCCCCCCCCC(=O)SCCNC(=O)CCNC(=O)C(O)C(C)(C)COP(=O)(O)OP(=O)(O)OC[C@H]1O[C@@H](n2cnc3c(N)ncnc32)[C@H](O)[C@@H]1OP(=O)(O)O. The minimum atomic E-state index is -5.58. The van der Waals surface area contributed by atoms with Crippen molar-refractivity contribution in [2.75, 3.05) is 37.8 Å². The number of rotatable bonds is 36. The second-order valence-corrected chi connectivity index (χ2v) is 23.0. The molecule has 0 spiro atoms. The number of hydrogen-bond donors (Lipinski definition) is 9. The molecule has 8 atom stereocenters. The summed E-state index contributed by atoms with van der Waals surface area (Å²) in [6.07, 6.45) is 10.3. The lowest BCUT2D eigenvalue weighted by Gasteiger charge is -2.30. The number of nitrogen functional groups attached to an aromatic ring is 1. The van der Waals surface area contributed by atoms with Crippen LogP contribution in [0.2, 0.25) is 0 Å². The molecule has 1 aliphatic heterocycles. The number of fused-ring (bicyclic) bond motifs is 1. The fraction of sp³-hybridized carbons (Fsp3) is 0.775. The van der Waals surface area contributed by atoms with Crippen LogP contribution < -0.4 is 16.4 Å². The monoisotopic (exact) mass is 1060 g/mol. The first-order chi connectivity index (χ1) is 32.4. The average Bonchev–Trinajstić information content (AvgIpc) is 3.83. The number of ether oxygens (including phenoxy) is 1. The first kappa shape index (κ1) is 60.5. The van der Waals surface area contributed by atoms with Crippen molar-refractivity contribution in [1.82, 2.24) is 30.2 Å². The number of nitrogens with one attached hydrogen (secondary N) is 2. The van der Waals surface area contributed by atoms with Gasteiger partial charge in [-0.05, 0) is 12.3 Å². The standard InChI is InChI=1S/C40H70N7O18P3S/c1-28(19-22-48)16-14-12-10-8-6-4-5-7-9-11-13-15-17-31(50)69-23-21-42-30(49)18-20-43-38(53)35(52)40(2,3)25-62-68(59,60)65-67(57,58)61-24-29-34(64-66(54,55)56)33(51)39(63-29)47-27-46-32-36(41)44-26-45-37(32)47/h22,26-29,33-35,39,51-52H,4-21,23-25H2,1-3H3,(H,42,49)(H,43,53)(H,57,58)(H,59,60)(H2,41,44,45)(H2,54,55,56)/t28-,29-,33-,34-,35?,39-/m1/s1. The Morgan fingerprint density at radius 1 is 0.899 bits per heavy atom. The van der Waals surface area contributed by atoms with Crippen molar-refractivity contribution in [3.63, 3.8) is 0 Å². The molecule has 394 valence electrons. The molecule has 3 heterocycles. The number of unbranched alkanes of at least 4 members (excludes halogenated alkanes) is 11. The number of aliphatic hydroxyl groups excluding tert-OH is 2. The van der Waals surface area contributed by atoms with E-state index in [2.05, 4.69) is 41.3 Å². The van der Waals surface area contributed by atoms with Crippen molar-refractivity contribution in [3.8, 4) is 0 Å². The smallest absolute Gasteiger partial charge is 0.386 e. The number of carbonyl (C=O) groups is 4. The molecule has 29 heteroatoms. The highest BCUT2D eigenvalue weighted by molar-refractivity contribution is 8.13. The molecule has 2 aromatic rings. The van der Waals surface area contributed by atoms with Crippen molar-refractivity contribution in [2.24, 2.45) is 11.3 Å². The van der Waals surface area contributed by atoms with Gasteiger partial charge in [0, 0.05) is 43.5 Å². The normalized spacial score (nSPS) is 20.2. The Hall–Kier alpha value is -2.77. The molecule has 1 fully saturated rings. The van der Waals surface area contributed by atoms with Crippen LogP contribution in [0.4, 0.5) is 5.82 Å². The van der Waals surface area contributed by atoms with Crippen LogP contribution in [0.3, 0.4) is 0 Å². The highest BCUT2D eigenvalue weighted by atomic mass is 32.2. The number of nitrogens with zero attached hydrogens (tertiary/aromatic N) is 4. The van der Waals surface area contributed by atoms with Crippen molar-refractivity contribution < 1.29 is 85.3 Å². The van der Waals surface area contributed by atoms with Gasteiger partial charge in [0.15, 0.2) is 22.8 Å². The summed E-state index contributed by atoms with van der Waals surface area (Å²) in [5.74, 6) is -0.556. The molecule has 0 aromatic carbocycles. The molecule has 1 saturated heterocycles. The molecule has 69 heavy (non-hydrogen) atoms. The predicted octanol–water partition coefficient (Wildman–Crippen LogP) is 4.35. The van der Waals surface area contributed by atoms with Gasteiger partial charge >= 0.3 is 23.5 Å². The van der Waals surface area contributed by atoms with E-state index >= 15 is 0 Å². The maximum atomic E-state index is 12.7. The first-order valence-corrected chi connectivity index (χ1v) is 28.4. The topological polar surface area (TPSA) is 381 Å². The quantitative estimate of drug-likeness (QED) is 0.0260. The van der Waals surface area contributed by atoms with Crippen LogP contribution in [0.25, 0.3) is 11.2 Å². The van der Waals surface area contributed by atoms with Crippen LogP contribution in [0.5, 0.6) is 0 Å². The fourth-order valence-corrected chi connectivity index (χ4v) is 10.7. The summed E-state index contributed by atoms with van der Waals surface area (Å²) in [4.78, 5) is 98.9. The zero-order valence-electron chi connectivity index (χ0n) is 39.2. The lowest BCUT2D eigenvalue weighted by Crippen LogP contribution is -2.46. The molecule has 25 nitrogen and oxygen atoms in total. The summed E-state index contributed by atoms with van der Waals surface area (Å²) in [6.45, 7) is 2.67. The van der Waals surface area contributed by atoms with Crippen molar-refractivity contribution in [3.05, 3.63) is 12.7 Å². The van der Waals surface area contributed by atoms with Gasteiger partial charge in [0.2, 0.25) is 11.8 Å². The Balaban J connectivity index is 1.27. The number of anilines is 1. The van der Waals surface area contributed by atoms with Gasteiger partial charge in [-0.2, -0.15) is 4.31 Å². The number of aliphatic hydroxyl groups is 2. The number of aromatic nitrogens is 4. The third-order valence-corrected chi connectivity index (χ3v) is 15.1. The van der Waals surface area contributed by atoms with E-state index in [1.807, 2.05) is 0 Å². The van der Waals surface area contributed by atoms with Gasteiger partial charge in [-0.25, -0.2) is 28.6 Å². The van der Waals surface area contributed by atoms with Gasteiger partial charge < -0.3 is 55.7 Å². The van der Waals surface area contributed by atoms with Gasteiger partial charge in [-0.15, -0.1) is 0 Å². The van der Waals surface area contributed by atoms with E-state index in [9.17, 15) is 62.7 Å². The first-order valence-electron chi connectivity index (χ1n) is 22.9. The van der Waals surface area contributed by atoms with Gasteiger partial charge in [-0.3, -0.25) is 32.5 Å². The number of hydrogen-bond acceptors (Lipinski definition) is 19. The molecular weight excluding hydrogens is 991 g/mol. The van der Waals surface area contributed by atoms with Gasteiger partial charge in [-0.1, -0.05) is 110 Å². The third kappa shape index (κ3) is 22.7. The van der Waals surface area contributed by atoms with Crippen LogP contribution in [-0.2, 0) is 55.5 Å². The van der Waals surface area contributed by atoms with Crippen LogP contribution in [0.15, 0.2) is 12.7 Å². The number of imidazole rings is 1. The van der Waals surface area contributed by atoms with Crippen LogP contribution in [0.1, 0.15) is 130 Å². The minimum Gasteiger partial charge on any atom is -0.386 e. The average molecular weight is 1060 g/mol. The molecular formula is C40H70N7O18P3S. The maximum absolute atomic E-state index is 12.7. The summed E-state index contributed by atoms with van der Waals surface area (Å²) in [5.41, 5.74) is 4.28. The number of thioether (sulfide) groups is 1. The third-order valence-electron chi connectivity index (χ3n) is 11.1. The Kier molecular flexibility index (Phi) is 26.0. The Morgan fingerprint density at radius 2 is 1.51 bits per heavy atom. The lowest BCUT2D eigenvalue weighted by atomic mass is 9.87. The number of phosphoric ester groups is 3. The van der Waals surface area contributed by atoms with Gasteiger partial charge in [0.1, 0.15) is 42.5 Å². The molecule has 3 rings (SSSR count). The van der Waals surface area contributed by atoms with Crippen LogP contribution in [-0.4, -0.2) is 129 Å². The summed E-state index contributed by atoms with van der Waals surface area (Å²) >= 11 is 1.14. The number of nitrogens with two attached hydrogens (primary N) is 1. The molecule has 1 aliphatic rings. The van der Waals surface area contributed by atoms with E-state index < -0.39 is 84.6 Å². The Labute approximate surface area is 405 Å². The lowest BCUT2D eigenvalue weighted by molar-refractivity contribution is -0.137. The maximum Gasteiger partial charge on any atom is 0.481 e. The second kappa shape index (κ2) is 29.7. The molecule has 0 aliphatic carbocycles. The van der Waals surface area contributed by atoms with E-state index in [-0.39, 0.29) is 41.6 Å². The summed E-state index contributed by atoms with van der Waals surface area (Å²) < 4.78 is 62.4. The Morgan fingerprint density at radius 3 is 2.13 bits per heavy atom.